The number of likely N-dealkylation sites (tertiary alicyclic amines) is 1. The molecule has 12 heavy (non-hydrogen) atoms. The third-order valence-corrected chi connectivity index (χ3v) is 2.74. The molecule has 0 spiro atoms. The van der Waals surface area contributed by atoms with Gasteiger partial charge in [0, 0.05) is 6.04 Å². The molecule has 1 rings (SSSR count). The zero-order valence-electron chi connectivity index (χ0n) is 7.79. The normalized spacial score (nSPS) is 27.3. The molecule has 3 heteroatoms. The Hall–Kier alpha value is -0.570. The topological polar surface area (TPSA) is 40.5 Å². The van der Waals surface area contributed by atoms with Gasteiger partial charge in [-0.3, -0.25) is 9.69 Å². The van der Waals surface area contributed by atoms with E-state index in [9.17, 15) is 4.79 Å². The van der Waals surface area contributed by atoms with Crippen LogP contribution in [-0.2, 0) is 4.79 Å². The van der Waals surface area contributed by atoms with Crippen molar-refractivity contribution in [2.24, 2.45) is 0 Å². The second-order valence-corrected chi connectivity index (χ2v) is 3.49. The first kappa shape index (κ1) is 9.52. The van der Waals surface area contributed by atoms with E-state index in [0.717, 1.165) is 25.8 Å². The van der Waals surface area contributed by atoms with Crippen molar-refractivity contribution in [2.45, 2.75) is 45.2 Å². The largest absolute Gasteiger partial charge is 0.480 e. The molecule has 0 aliphatic carbocycles. The molecule has 0 aromatic heterocycles. The van der Waals surface area contributed by atoms with Crippen LogP contribution in [0.4, 0.5) is 0 Å². The summed E-state index contributed by atoms with van der Waals surface area (Å²) in [5, 5.41) is 8.89. The Morgan fingerprint density at radius 3 is 2.92 bits per heavy atom. The van der Waals surface area contributed by atoms with E-state index in [2.05, 4.69) is 18.7 Å². The quantitative estimate of drug-likeness (QED) is 0.696. The Labute approximate surface area is 73.4 Å². The summed E-state index contributed by atoms with van der Waals surface area (Å²) in [6, 6.07) is 0.188. The SMILES string of the molecule is CCC(C)N1CCCC1C(=O)O. The summed E-state index contributed by atoms with van der Waals surface area (Å²) in [5.41, 5.74) is 0. The van der Waals surface area contributed by atoms with E-state index in [1.807, 2.05) is 0 Å². The van der Waals surface area contributed by atoms with Crippen molar-refractivity contribution in [1.82, 2.24) is 4.90 Å². The minimum atomic E-state index is -0.659. The van der Waals surface area contributed by atoms with Crippen LogP contribution in [0.5, 0.6) is 0 Å². The van der Waals surface area contributed by atoms with Gasteiger partial charge in [0.1, 0.15) is 6.04 Å². The van der Waals surface area contributed by atoms with Crippen LogP contribution in [0.1, 0.15) is 33.1 Å². The number of rotatable bonds is 3. The Morgan fingerprint density at radius 2 is 2.42 bits per heavy atom. The molecule has 0 bridgehead atoms. The maximum Gasteiger partial charge on any atom is 0.320 e. The summed E-state index contributed by atoms with van der Waals surface area (Å²) < 4.78 is 0. The van der Waals surface area contributed by atoms with Gasteiger partial charge in [-0.1, -0.05) is 6.92 Å². The lowest BCUT2D eigenvalue weighted by Gasteiger charge is -2.27. The summed E-state index contributed by atoms with van der Waals surface area (Å²) in [5.74, 6) is -0.659. The minimum Gasteiger partial charge on any atom is -0.480 e. The van der Waals surface area contributed by atoms with Crippen molar-refractivity contribution in [3.8, 4) is 0 Å². The fraction of sp³-hybridized carbons (Fsp3) is 0.889. The second-order valence-electron chi connectivity index (χ2n) is 3.49. The molecule has 1 aliphatic heterocycles. The van der Waals surface area contributed by atoms with Crippen LogP contribution in [0.15, 0.2) is 0 Å². The van der Waals surface area contributed by atoms with Gasteiger partial charge in [-0.15, -0.1) is 0 Å². The number of hydrogen-bond acceptors (Lipinski definition) is 2. The van der Waals surface area contributed by atoms with Gasteiger partial charge in [-0.2, -0.15) is 0 Å². The molecule has 3 nitrogen and oxygen atoms in total. The van der Waals surface area contributed by atoms with Crippen LogP contribution in [-0.4, -0.2) is 34.6 Å². The lowest BCUT2D eigenvalue weighted by Crippen LogP contribution is -2.41. The van der Waals surface area contributed by atoms with Crippen LogP contribution >= 0.6 is 0 Å². The fourth-order valence-electron chi connectivity index (χ4n) is 1.82. The van der Waals surface area contributed by atoms with Gasteiger partial charge in [0.05, 0.1) is 0 Å². The number of hydrogen-bond donors (Lipinski definition) is 1. The molecule has 1 fully saturated rings. The van der Waals surface area contributed by atoms with Gasteiger partial charge >= 0.3 is 5.97 Å². The van der Waals surface area contributed by atoms with Crippen molar-refractivity contribution in [3.63, 3.8) is 0 Å². The van der Waals surface area contributed by atoms with E-state index in [1.54, 1.807) is 0 Å². The summed E-state index contributed by atoms with van der Waals surface area (Å²) >= 11 is 0. The third kappa shape index (κ3) is 1.78. The average Bonchev–Trinajstić information content (AvgIpc) is 2.50. The highest BCUT2D eigenvalue weighted by Gasteiger charge is 2.32. The first-order valence-corrected chi connectivity index (χ1v) is 4.65. The lowest BCUT2D eigenvalue weighted by atomic mass is 10.2. The molecule has 1 heterocycles. The van der Waals surface area contributed by atoms with E-state index in [1.165, 1.54) is 0 Å². The van der Waals surface area contributed by atoms with Gasteiger partial charge in [0.2, 0.25) is 0 Å². The van der Waals surface area contributed by atoms with Crippen LogP contribution in [0.3, 0.4) is 0 Å². The zero-order valence-corrected chi connectivity index (χ0v) is 7.79. The van der Waals surface area contributed by atoms with Crippen molar-refractivity contribution in [2.75, 3.05) is 6.54 Å². The highest BCUT2D eigenvalue weighted by molar-refractivity contribution is 5.73. The molecule has 2 atom stereocenters. The Balaban J connectivity index is 2.57. The maximum absolute atomic E-state index is 10.8. The predicted molar refractivity (Wildman–Crippen MR) is 47.1 cm³/mol. The predicted octanol–water partition coefficient (Wildman–Crippen LogP) is 1.33. The van der Waals surface area contributed by atoms with E-state index in [4.69, 9.17) is 5.11 Å². The molecule has 0 radical (unpaired) electrons. The molecule has 1 N–H and O–H groups in total. The van der Waals surface area contributed by atoms with Gasteiger partial charge in [-0.05, 0) is 32.7 Å². The Kier molecular flexibility index (Phi) is 3.09. The van der Waals surface area contributed by atoms with Crippen molar-refractivity contribution in [3.05, 3.63) is 0 Å². The van der Waals surface area contributed by atoms with Crippen molar-refractivity contribution < 1.29 is 9.90 Å². The fourth-order valence-corrected chi connectivity index (χ4v) is 1.82. The molecule has 0 aromatic rings. The highest BCUT2D eigenvalue weighted by Crippen LogP contribution is 2.21. The van der Waals surface area contributed by atoms with Crippen LogP contribution in [0.2, 0.25) is 0 Å². The first-order valence-electron chi connectivity index (χ1n) is 4.65. The van der Waals surface area contributed by atoms with E-state index in [-0.39, 0.29) is 6.04 Å². The Morgan fingerprint density at radius 1 is 1.75 bits per heavy atom. The molecule has 0 saturated carbocycles. The van der Waals surface area contributed by atoms with Gasteiger partial charge < -0.3 is 5.11 Å². The van der Waals surface area contributed by atoms with Crippen LogP contribution < -0.4 is 0 Å². The summed E-state index contributed by atoms with van der Waals surface area (Å²) in [6.45, 7) is 5.15. The van der Waals surface area contributed by atoms with E-state index >= 15 is 0 Å². The number of carboxylic acid groups (broad SMARTS) is 1. The number of aliphatic carboxylic acids is 1. The van der Waals surface area contributed by atoms with Gasteiger partial charge in [-0.25, -0.2) is 0 Å². The Bertz CT molecular complexity index is 170. The second kappa shape index (κ2) is 3.90. The first-order chi connectivity index (χ1) is 5.66. The number of carbonyl (C=O) groups is 1. The van der Waals surface area contributed by atoms with Gasteiger partial charge in [0.25, 0.3) is 0 Å². The lowest BCUT2D eigenvalue weighted by molar-refractivity contribution is -0.142. The molecule has 2 unspecified atom stereocenters. The summed E-state index contributed by atoms with van der Waals surface area (Å²) in [7, 11) is 0. The monoisotopic (exact) mass is 171 g/mol. The summed E-state index contributed by atoms with van der Waals surface area (Å²) in [4.78, 5) is 12.9. The third-order valence-electron chi connectivity index (χ3n) is 2.74. The smallest absolute Gasteiger partial charge is 0.320 e. The molecule has 0 amide bonds. The molecule has 0 aromatic carbocycles. The number of nitrogens with zero attached hydrogens (tertiary/aromatic N) is 1. The highest BCUT2D eigenvalue weighted by atomic mass is 16.4. The van der Waals surface area contributed by atoms with E-state index in [0.29, 0.717) is 6.04 Å². The van der Waals surface area contributed by atoms with Crippen LogP contribution in [0.25, 0.3) is 0 Å². The average molecular weight is 171 g/mol. The standard InChI is InChI=1S/C9H17NO2/c1-3-7(2)10-6-4-5-8(10)9(11)12/h7-8H,3-6H2,1-2H3,(H,11,12). The molecule has 70 valence electrons. The van der Waals surface area contributed by atoms with Crippen LogP contribution in [0, 0.1) is 0 Å². The zero-order chi connectivity index (χ0) is 9.14. The minimum absolute atomic E-state index is 0.222. The van der Waals surface area contributed by atoms with Gasteiger partial charge in [0.15, 0.2) is 0 Å². The molecule has 1 aliphatic rings. The van der Waals surface area contributed by atoms with Crippen molar-refractivity contribution >= 4 is 5.97 Å². The van der Waals surface area contributed by atoms with Crippen molar-refractivity contribution in [1.29, 1.82) is 0 Å². The van der Waals surface area contributed by atoms with E-state index < -0.39 is 5.97 Å². The summed E-state index contributed by atoms with van der Waals surface area (Å²) in [6.07, 6.45) is 2.88. The molecular weight excluding hydrogens is 154 g/mol. The number of carboxylic acids is 1. The molecular formula is C9H17NO2. The molecule has 1 saturated heterocycles. The maximum atomic E-state index is 10.8.